The Kier molecular flexibility index (Phi) is 6.30. The van der Waals surface area contributed by atoms with Crippen molar-refractivity contribution in [2.24, 2.45) is 0 Å². The van der Waals surface area contributed by atoms with Crippen LogP contribution in [0, 0.1) is 11.6 Å². The van der Waals surface area contributed by atoms with Gasteiger partial charge in [0.1, 0.15) is 17.2 Å². The molecular weight excluding hydrogens is 513 g/mol. The number of nitrogens with one attached hydrogen (secondary N) is 1. The third-order valence-electron chi connectivity index (χ3n) is 7.07. The van der Waals surface area contributed by atoms with Crippen LogP contribution in [0.5, 0.6) is 5.88 Å². The van der Waals surface area contributed by atoms with Crippen LogP contribution in [0.25, 0.3) is 27.7 Å². The summed E-state index contributed by atoms with van der Waals surface area (Å²) in [4.78, 5) is 10.2. The van der Waals surface area contributed by atoms with Gasteiger partial charge in [-0.15, -0.1) is 5.10 Å². The highest BCUT2D eigenvalue weighted by Gasteiger charge is 2.36. The van der Waals surface area contributed by atoms with Gasteiger partial charge < -0.3 is 19.4 Å². The molecule has 2 fully saturated rings. The van der Waals surface area contributed by atoms with E-state index >= 15 is 4.39 Å². The zero-order valence-electron chi connectivity index (χ0n) is 20.3. The second kappa shape index (κ2) is 9.66. The molecule has 5 heterocycles. The number of anilines is 1. The Labute approximate surface area is 213 Å². The number of likely N-dealkylation sites (tertiary alicyclic amines) is 1. The van der Waals surface area contributed by atoms with Crippen molar-refractivity contribution in [2.75, 3.05) is 38.7 Å². The second-order valence-electron chi connectivity index (χ2n) is 9.45. The molecule has 9 nitrogen and oxygen atoms in total. The fourth-order valence-corrected chi connectivity index (χ4v) is 5.08. The molecule has 0 saturated carbocycles. The largest absolute Gasteiger partial charge is 0.479 e. The van der Waals surface area contributed by atoms with Gasteiger partial charge in [-0.2, -0.15) is 4.98 Å². The van der Waals surface area contributed by atoms with Crippen molar-refractivity contribution in [3.05, 3.63) is 36.3 Å². The molecule has 3 aromatic heterocycles. The minimum atomic E-state index is -2.69. The van der Waals surface area contributed by atoms with E-state index in [0.29, 0.717) is 26.2 Å². The van der Waals surface area contributed by atoms with Crippen LogP contribution in [-0.4, -0.2) is 87.1 Å². The van der Waals surface area contributed by atoms with E-state index in [1.807, 2.05) is 0 Å². The molecule has 2 aliphatic rings. The maximum absolute atomic E-state index is 15.3. The van der Waals surface area contributed by atoms with Gasteiger partial charge in [-0.1, -0.05) is 0 Å². The number of hydrogen-bond acceptors (Lipinski definition) is 7. The number of imidazole rings is 1. The number of rotatable bonds is 7. The lowest BCUT2D eigenvalue weighted by Crippen LogP contribution is -2.57. The Morgan fingerprint density at radius 3 is 2.71 bits per heavy atom. The Bertz CT molecular complexity index is 1490. The highest BCUT2D eigenvalue weighted by atomic mass is 19.3. The SMILES string of the molecule is COc1nc(N[C@@H]2CCN(C3COC3)C[C@H]2F)nn2cc(F)c(-c3cc(F)c4ncn(CC(F)F)c4c3)c12. The number of fused-ring (bicyclic) bond motifs is 2. The van der Waals surface area contributed by atoms with Gasteiger partial charge in [0.25, 0.3) is 6.43 Å². The molecule has 6 rings (SSSR count). The molecule has 14 heteroatoms. The Morgan fingerprint density at radius 1 is 1.21 bits per heavy atom. The summed E-state index contributed by atoms with van der Waals surface area (Å²) in [6, 6.07) is 2.13. The number of halogens is 5. The molecule has 0 aliphatic carbocycles. The lowest BCUT2D eigenvalue weighted by molar-refractivity contribution is -0.0794. The molecule has 2 atom stereocenters. The number of hydrogen-bond donors (Lipinski definition) is 1. The van der Waals surface area contributed by atoms with Crippen molar-refractivity contribution in [3.8, 4) is 17.0 Å². The van der Waals surface area contributed by atoms with Crippen LogP contribution in [0.4, 0.5) is 27.9 Å². The van der Waals surface area contributed by atoms with Gasteiger partial charge in [-0.3, -0.25) is 4.90 Å². The maximum atomic E-state index is 15.3. The smallest absolute Gasteiger partial charge is 0.256 e. The van der Waals surface area contributed by atoms with Crippen LogP contribution in [0.2, 0.25) is 0 Å². The average molecular weight is 537 g/mol. The van der Waals surface area contributed by atoms with E-state index in [1.54, 1.807) is 0 Å². The van der Waals surface area contributed by atoms with Crippen LogP contribution in [0.1, 0.15) is 6.42 Å². The first kappa shape index (κ1) is 24.8. The maximum Gasteiger partial charge on any atom is 0.256 e. The Balaban J connectivity index is 1.34. The van der Waals surface area contributed by atoms with Gasteiger partial charge in [-0.25, -0.2) is 31.5 Å². The van der Waals surface area contributed by atoms with Gasteiger partial charge in [0.05, 0.1) is 62.6 Å². The van der Waals surface area contributed by atoms with Crippen LogP contribution in [0.15, 0.2) is 24.7 Å². The first-order chi connectivity index (χ1) is 18.3. The van der Waals surface area contributed by atoms with Crippen molar-refractivity contribution in [2.45, 2.75) is 37.6 Å². The van der Waals surface area contributed by atoms with Gasteiger partial charge in [0.15, 0.2) is 11.6 Å². The minimum Gasteiger partial charge on any atom is -0.479 e. The van der Waals surface area contributed by atoms with Crippen molar-refractivity contribution < 1.29 is 31.4 Å². The molecule has 4 aromatic rings. The molecular formula is C24H24F5N7O2. The van der Waals surface area contributed by atoms with E-state index in [-0.39, 0.29) is 52.1 Å². The van der Waals surface area contributed by atoms with Gasteiger partial charge in [0.2, 0.25) is 11.8 Å². The van der Waals surface area contributed by atoms with Crippen molar-refractivity contribution >= 4 is 22.5 Å². The topological polar surface area (TPSA) is 81.7 Å². The van der Waals surface area contributed by atoms with Crippen molar-refractivity contribution in [1.82, 2.24) is 29.0 Å². The molecule has 1 N–H and O–H groups in total. The fraction of sp³-hybridized carbons (Fsp3) is 0.458. The lowest BCUT2D eigenvalue weighted by Gasteiger charge is -2.42. The molecule has 202 valence electrons. The van der Waals surface area contributed by atoms with Gasteiger partial charge in [0, 0.05) is 13.1 Å². The molecule has 0 unspecified atom stereocenters. The summed E-state index contributed by atoms with van der Waals surface area (Å²) in [5.74, 6) is -1.54. The molecule has 1 aromatic carbocycles. The summed E-state index contributed by atoms with van der Waals surface area (Å²) in [7, 11) is 1.33. The summed E-state index contributed by atoms with van der Waals surface area (Å²) in [6.07, 6.45) is -1.17. The lowest BCUT2D eigenvalue weighted by atomic mass is 10.0. The zero-order chi connectivity index (χ0) is 26.6. The average Bonchev–Trinajstić information content (AvgIpc) is 3.39. The van der Waals surface area contributed by atoms with E-state index in [4.69, 9.17) is 9.47 Å². The summed E-state index contributed by atoms with van der Waals surface area (Å²) in [5, 5.41) is 7.29. The molecule has 38 heavy (non-hydrogen) atoms. The highest BCUT2D eigenvalue weighted by molar-refractivity contribution is 5.90. The number of alkyl halides is 3. The van der Waals surface area contributed by atoms with E-state index in [0.717, 1.165) is 23.2 Å². The Hall–Kier alpha value is -3.52. The van der Waals surface area contributed by atoms with Crippen molar-refractivity contribution in [1.29, 1.82) is 0 Å². The van der Waals surface area contributed by atoms with E-state index < -0.39 is 36.8 Å². The zero-order valence-corrected chi connectivity index (χ0v) is 20.3. The predicted molar refractivity (Wildman–Crippen MR) is 127 cm³/mol. The number of nitrogens with zero attached hydrogens (tertiary/aromatic N) is 6. The summed E-state index contributed by atoms with van der Waals surface area (Å²) in [6.45, 7) is 1.46. The normalized spacial score (nSPS) is 20.9. The number of benzene rings is 1. The molecule has 2 aliphatic heterocycles. The third kappa shape index (κ3) is 4.30. The second-order valence-corrected chi connectivity index (χ2v) is 9.45. The van der Waals surface area contributed by atoms with Crippen LogP contribution < -0.4 is 10.1 Å². The monoisotopic (exact) mass is 537 g/mol. The van der Waals surface area contributed by atoms with E-state index in [2.05, 4.69) is 25.3 Å². The van der Waals surface area contributed by atoms with Crippen molar-refractivity contribution in [3.63, 3.8) is 0 Å². The van der Waals surface area contributed by atoms with Gasteiger partial charge in [-0.05, 0) is 24.1 Å². The molecule has 0 amide bonds. The third-order valence-corrected chi connectivity index (χ3v) is 7.07. The standard InChI is InChI=1S/C24H24F5N7O2/c1-37-23-22-20(12-4-14(25)21-18(5-12)35(11-30-21)8-19(28)29)16(27)7-36(22)33-24(32-23)31-17-2-3-34(6-15(17)26)13-9-38-10-13/h4-5,7,11,13,15,17,19H,2-3,6,8-10H2,1H3,(H,31,33)/t15-,17-/m1/s1. The minimum absolute atomic E-state index is 0.0255. The first-order valence-corrected chi connectivity index (χ1v) is 12.1. The van der Waals surface area contributed by atoms with E-state index in [1.165, 1.54) is 17.7 Å². The quantitative estimate of drug-likeness (QED) is 0.362. The predicted octanol–water partition coefficient (Wildman–Crippen LogP) is 3.52. The molecule has 0 radical (unpaired) electrons. The van der Waals surface area contributed by atoms with E-state index in [9.17, 15) is 17.6 Å². The first-order valence-electron chi connectivity index (χ1n) is 12.1. The summed E-state index contributed by atoms with van der Waals surface area (Å²) >= 11 is 0. The fourth-order valence-electron chi connectivity index (χ4n) is 5.08. The van der Waals surface area contributed by atoms with Crippen LogP contribution >= 0.6 is 0 Å². The summed E-state index contributed by atoms with van der Waals surface area (Å²) < 4.78 is 84.0. The van der Waals surface area contributed by atoms with Crippen LogP contribution in [0.3, 0.4) is 0 Å². The Morgan fingerprint density at radius 2 is 2.03 bits per heavy atom. The molecule has 0 spiro atoms. The highest BCUT2D eigenvalue weighted by Crippen LogP contribution is 2.36. The molecule has 2 saturated heterocycles. The number of piperidine rings is 1. The molecule has 0 bridgehead atoms. The summed E-state index contributed by atoms with van der Waals surface area (Å²) in [5.41, 5.74) is 0.0877. The van der Waals surface area contributed by atoms with Gasteiger partial charge >= 0.3 is 0 Å². The number of aromatic nitrogens is 5. The number of methoxy groups -OCH3 is 1. The number of ether oxygens (including phenoxy) is 2. The van der Waals surface area contributed by atoms with Crippen LogP contribution in [-0.2, 0) is 11.3 Å².